The summed E-state index contributed by atoms with van der Waals surface area (Å²) in [7, 11) is 0. The van der Waals surface area contributed by atoms with E-state index in [9.17, 15) is 0 Å². The van der Waals surface area contributed by atoms with E-state index in [0.29, 0.717) is 0 Å². The molecule has 2 heteroatoms. The molecule has 0 aliphatic heterocycles. The maximum atomic E-state index is 8.96. The van der Waals surface area contributed by atoms with Gasteiger partial charge in [0.2, 0.25) is 0 Å². The van der Waals surface area contributed by atoms with E-state index < -0.39 is 0 Å². The molecule has 2 aromatic rings. The second kappa shape index (κ2) is 3.87. The van der Waals surface area contributed by atoms with Crippen molar-refractivity contribution in [2.45, 2.75) is 0 Å². The van der Waals surface area contributed by atoms with E-state index in [-0.39, 0.29) is 5.57 Å². The summed E-state index contributed by atoms with van der Waals surface area (Å²) >= 11 is 0. The van der Waals surface area contributed by atoms with Crippen LogP contribution in [0.15, 0.2) is 48.0 Å². The number of fused-ring (bicyclic) bond motifs is 3. The summed E-state index contributed by atoms with van der Waals surface area (Å²) in [6, 6.07) is 16.0. The minimum Gasteiger partial charge on any atom is -0.192 e. The first-order chi connectivity index (χ1) is 8.85. The average Bonchev–Trinajstić information content (AvgIpc) is 2.85. The van der Waals surface area contributed by atoms with Crippen LogP contribution < -0.4 is 0 Å². The van der Waals surface area contributed by atoms with Gasteiger partial charge in [-0.15, -0.1) is 0 Å². The number of nitriles is 2. The van der Waals surface area contributed by atoms with Crippen LogP contribution in [-0.2, 0) is 0 Å². The minimum atomic E-state index is 0.167. The van der Waals surface area contributed by atoms with Crippen molar-refractivity contribution >= 4 is 22.4 Å². The Morgan fingerprint density at radius 3 is 2.44 bits per heavy atom. The first-order valence-electron chi connectivity index (χ1n) is 5.60. The van der Waals surface area contributed by atoms with Gasteiger partial charge < -0.3 is 0 Å². The SMILES string of the molecule is N#CC(C#N)=C1C=Cc2c1ccc1ccccc21. The summed E-state index contributed by atoms with van der Waals surface area (Å²) in [6.07, 6.45) is 3.82. The summed E-state index contributed by atoms with van der Waals surface area (Å²) in [5, 5.41) is 20.2. The van der Waals surface area contributed by atoms with Crippen LogP contribution in [0, 0.1) is 22.7 Å². The van der Waals surface area contributed by atoms with Crippen molar-refractivity contribution in [3.8, 4) is 12.1 Å². The highest BCUT2D eigenvalue weighted by atomic mass is 14.3. The lowest BCUT2D eigenvalue weighted by Gasteiger charge is -2.05. The molecule has 0 N–H and O–H groups in total. The summed E-state index contributed by atoms with van der Waals surface area (Å²) in [5.41, 5.74) is 2.94. The van der Waals surface area contributed by atoms with Gasteiger partial charge >= 0.3 is 0 Å². The number of nitrogens with zero attached hydrogens (tertiary/aromatic N) is 2. The monoisotopic (exact) mass is 228 g/mol. The number of rotatable bonds is 0. The molecule has 0 saturated carbocycles. The number of hydrogen-bond donors (Lipinski definition) is 0. The molecule has 0 fully saturated rings. The lowest BCUT2D eigenvalue weighted by atomic mass is 9.97. The predicted octanol–water partition coefficient (Wildman–Crippen LogP) is 3.67. The lowest BCUT2D eigenvalue weighted by molar-refractivity contribution is 1.46. The predicted molar refractivity (Wildman–Crippen MR) is 71.1 cm³/mol. The van der Waals surface area contributed by atoms with Gasteiger partial charge in [0, 0.05) is 5.57 Å². The Morgan fingerprint density at radius 1 is 0.889 bits per heavy atom. The lowest BCUT2D eigenvalue weighted by Crippen LogP contribution is -1.86. The summed E-state index contributed by atoms with van der Waals surface area (Å²) in [4.78, 5) is 0. The van der Waals surface area contributed by atoms with Crippen molar-refractivity contribution in [1.29, 1.82) is 10.5 Å². The molecule has 0 heterocycles. The van der Waals surface area contributed by atoms with Crippen molar-refractivity contribution in [3.05, 3.63) is 59.2 Å². The zero-order chi connectivity index (χ0) is 12.5. The fraction of sp³-hybridized carbons (Fsp3) is 0. The van der Waals surface area contributed by atoms with E-state index in [2.05, 4.69) is 12.1 Å². The smallest absolute Gasteiger partial charge is 0.137 e. The molecule has 0 atom stereocenters. The Kier molecular flexibility index (Phi) is 2.22. The first kappa shape index (κ1) is 10.3. The van der Waals surface area contributed by atoms with E-state index in [4.69, 9.17) is 10.5 Å². The molecule has 0 bridgehead atoms. The number of allylic oxidation sites excluding steroid dienone is 3. The Labute approximate surface area is 105 Å². The van der Waals surface area contributed by atoms with Crippen LogP contribution in [0.4, 0.5) is 0 Å². The van der Waals surface area contributed by atoms with Gasteiger partial charge in [0.25, 0.3) is 0 Å². The average molecular weight is 228 g/mol. The Bertz CT molecular complexity index is 780. The molecule has 0 saturated heterocycles. The maximum Gasteiger partial charge on any atom is 0.137 e. The van der Waals surface area contributed by atoms with Gasteiger partial charge in [-0.2, -0.15) is 10.5 Å². The Hall–Kier alpha value is -2.84. The van der Waals surface area contributed by atoms with Crippen molar-refractivity contribution in [1.82, 2.24) is 0 Å². The maximum absolute atomic E-state index is 8.96. The molecule has 1 aliphatic carbocycles. The van der Waals surface area contributed by atoms with Crippen LogP contribution in [0.25, 0.3) is 22.4 Å². The minimum absolute atomic E-state index is 0.167. The summed E-state index contributed by atoms with van der Waals surface area (Å²) in [5.74, 6) is 0. The van der Waals surface area contributed by atoms with E-state index in [1.807, 2.05) is 48.6 Å². The molecule has 0 radical (unpaired) electrons. The van der Waals surface area contributed by atoms with Crippen LogP contribution in [0.2, 0.25) is 0 Å². The third-order valence-electron chi connectivity index (χ3n) is 3.17. The fourth-order valence-corrected chi connectivity index (χ4v) is 2.33. The highest BCUT2D eigenvalue weighted by molar-refractivity contribution is 6.03. The molecule has 0 aromatic heterocycles. The quantitative estimate of drug-likeness (QED) is 0.646. The van der Waals surface area contributed by atoms with Gasteiger partial charge in [-0.05, 0) is 21.9 Å². The zero-order valence-corrected chi connectivity index (χ0v) is 9.51. The zero-order valence-electron chi connectivity index (χ0n) is 9.51. The number of benzene rings is 2. The van der Waals surface area contributed by atoms with Gasteiger partial charge in [-0.1, -0.05) is 48.6 Å². The molecule has 1 aliphatic rings. The third kappa shape index (κ3) is 1.34. The number of hydrogen-bond acceptors (Lipinski definition) is 2. The van der Waals surface area contributed by atoms with E-state index >= 15 is 0 Å². The van der Waals surface area contributed by atoms with Gasteiger partial charge in [0.1, 0.15) is 17.7 Å². The molecule has 82 valence electrons. The fourth-order valence-electron chi connectivity index (χ4n) is 2.33. The first-order valence-corrected chi connectivity index (χ1v) is 5.60. The molecule has 3 rings (SSSR count). The van der Waals surface area contributed by atoms with Gasteiger partial charge in [0.05, 0.1) is 0 Å². The molecule has 18 heavy (non-hydrogen) atoms. The second-order valence-corrected chi connectivity index (χ2v) is 4.09. The molecular formula is C16H8N2. The second-order valence-electron chi connectivity index (χ2n) is 4.09. The molecule has 2 nitrogen and oxygen atoms in total. The molecule has 0 unspecified atom stereocenters. The van der Waals surface area contributed by atoms with Crippen LogP contribution in [0.1, 0.15) is 11.1 Å². The van der Waals surface area contributed by atoms with Crippen LogP contribution in [-0.4, -0.2) is 0 Å². The molecule has 0 amide bonds. The van der Waals surface area contributed by atoms with E-state index in [1.165, 1.54) is 0 Å². The van der Waals surface area contributed by atoms with Gasteiger partial charge in [0.15, 0.2) is 0 Å². The van der Waals surface area contributed by atoms with Crippen molar-refractivity contribution in [3.63, 3.8) is 0 Å². The molecular weight excluding hydrogens is 220 g/mol. The van der Waals surface area contributed by atoms with E-state index in [1.54, 1.807) is 0 Å². The van der Waals surface area contributed by atoms with Crippen LogP contribution in [0.5, 0.6) is 0 Å². The van der Waals surface area contributed by atoms with Gasteiger partial charge in [-0.3, -0.25) is 0 Å². The largest absolute Gasteiger partial charge is 0.192 e. The van der Waals surface area contributed by atoms with Gasteiger partial charge in [-0.25, -0.2) is 0 Å². The van der Waals surface area contributed by atoms with Crippen LogP contribution >= 0.6 is 0 Å². The third-order valence-corrected chi connectivity index (χ3v) is 3.17. The highest BCUT2D eigenvalue weighted by Gasteiger charge is 2.16. The van der Waals surface area contributed by atoms with Crippen LogP contribution in [0.3, 0.4) is 0 Å². The van der Waals surface area contributed by atoms with Crippen molar-refractivity contribution in [2.75, 3.05) is 0 Å². The Morgan fingerprint density at radius 2 is 1.67 bits per heavy atom. The Balaban J connectivity index is 2.37. The topological polar surface area (TPSA) is 47.6 Å². The highest BCUT2D eigenvalue weighted by Crippen LogP contribution is 2.35. The summed E-state index contributed by atoms with van der Waals surface area (Å²) < 4.78 is 0. The molecule has 2 aromatic carbocycles. The normalized spacial score (nSPS) is 12.0. The van der Waals surface area contributed by atoms with Crippen molar-refractivity contribution < 1.29 is 0 Å². The summed E-state index contributed by atoms with van der Waals surface area (Å²) in [6.45, 7) is 0. The van der Waals surface area contributed by atoms with E-state index in [0.717, 1.165) is 27.5 Å². The van der Waals surface area contributed by atoms with Crippen molar-refractivity contribution in [2.24, 2.45) is 0 Å². The molecule has 0 spiro atoms. The standard InChI is InChI=1S/C16H8N2/c17-9-12(10-18)14-7-8-16-13-4-2-1-3-11(13)5-6-15(14)16/h1-8H.